The molecular formula is C19H23F4N6O-. The Bertz CT molecular complexity index is 877. The van der Waals surface area contributed by atoms with E-state index >= 15 is 0 Å². The maximum Gasteiger partial charge on any atom is 0.225 e. The highest BCUT2D eigenvalue weighted by Gasteiger charge is 2.21. The number of anilines is 3. The average Bonchev–Trinajstić information content (AvgIpc) is 2.78. The van der Waals surface area contributed by atoms with Crippen molar-refractivity contribution in [2.75, 3.05) is 29.2 Å². The van der Waals surface area contributed by atoms with Gasteiger partial charge in [0.15, 0.2) is 29.1 Å². The van der Waals surface area contributed by atoms with Gasteiger partial charge in [-0.3, -0.25) is 0 Å². The molecule has 0 atom stereocenters. The van der Waals surface area contributed by atoms with Crippen LogP contribution in [0, 0.1) is 40.3 Å². The van der Waals surface area contributed by atoms with E-state index in [0.717, 1.165) is 25.7 Å². The quantitative estimate of drug-likeness (QED) is 0.220. The molecule has 164 valence electrons. The lowest BCUT2D eigenvalue weighted by molar-refractivity contribution is 0.289. The molecule has 1 heterocycles. The summed E-state index contributed by atoms with van der Waals surface area (Å²) in [6.45, 7) is 0.909. The molecule has 11 heteroatoms. The molecule has 0 radical (unpaired) electrons. The van der Waals surface area contributed by atoms with Gasteiger partial charge in [0.2, 0.25) is 5.95 Å². The third kappa shape index (κ3) is 5.08. The Morgan fingerprint density at radius 2 is 1.70 bits per heavy atom. The van der Waals surface area contributed by atoms with E-state index in [2.05, 4.69) is 20.6 Å². The Morgan fingerprint density at radius 1 is 1.00 bits per heavy atom. The summed E-state index contributed by atoms with van der Waals surface area (Å²) in [5, 5.41) is 16.9. The molecule has 0 spiro atoms. The van der Waals surface area contributed by atoms with Crippen LogP contribution in [0.25, 0.3) is 0 Å². The fourth-order valence-corrected chi connectivity index (χ4v) is 3.51. The fraction of sp³-hybridized carbons (Fsp3) is 0.474. The van der Waals surface area contributed by atoms with Crippen LogP contribution in [0.3, 0.4) is 0 Å². The number of nitrogens with two attached hydrogens (primary N) is 1. The molecule has 1 aromatic carbocycles. The van der Waals surface area contributed by atoms with Gasteiger partial charge in [-0.1, -0.05) is 0 Å². The van der Waals surface area contributed by atoms with Crippen LogP contribution < -0.4 is 21.8 Å². The monoisotopic (exact) mass is 427 g/mol. The van der Waals surface area contributed by atoms with Crippen LogP contribution in [0.15, 0.2) is 12.3 Å². The molecule has 7 nitrogen and oxygen atoms in total. The second kappa shape index (κ2) is 9.90. The molecule has 0 bridgehead atoms. The van der Waals surface area contributed by atoms with E-state index in [-0.39, 0.29) is 24.0 Å². The van der Waals surface area contributed by atoms with Crippen LogP contribution in [-0.4, -0.2) is 23.1 Å². The lowest BCUT2D eigenvalue weighted by atomic mass is 9.82. The fourth-order valence-electron chi connectivity index (χ4n) is 3.51. The molecule has 1 aliphatic carbocycles. The highest BCUT2D eigenvalue weighted by molar-refractivity contribution is 5.65. The van der Waals surface area contributed by atoms with Crippen molar-refractivity contribution < 1.29 is 17.6 Å². The smallest absolute Gasteiger partial charge is 0.225 e. The zero-order valence-corrected chi connectivity index (χ0v) is 16.2. The molecule has 0 saturated heterocycles. The topological polar surface area (TPSA) is 111 Å². The van der Waals surface area contributed by atoms with Gasteiger partial charge in [-0.2, -0.15) is 4.98 Å². The molecule has 1 fully saturated rings. The first-order valence-electron chi connectivity index (χ1n) is 9.67. The number of rotatable bonds is 8. The standard InChI is InChI=1S/C19H23F4N6O/c20-13-5-12(15(21)17(23)16(13)22)8-26-19-27-9-14(29-30)18(28-19)25-7-11-3-1-10(6-24)2-4-11/h5,9-11,29H,1-4,6-8,24H2,(H2,25,26,27,28)/q-1. The number of hydrogen-bond donors (Lipinski definition) is 4. The minimum atomic E-state index is -1.88. The van der Waals surface area contributed by atoms with Crippen LogP contribution in [-0.2, 0) is 6.54 Å². The zero-order chi connectivity index (χ0) is 21.7. The van der Waals surface area contributed by atoms with Crippen LogP contribution >= 0.6 is 0 Å². The van der Waals surface area contributed by atoms with Crippen LogP contribution in [0.5, 0.6) is 0 Å². The van der Waals surface area contributed by atoms with Gasteiger partial charge in [0.05, 0.1) is 11.9 Å². The summed E-state index contributed by atoms with van der Waals surface area (Å²) in [4.78, 5) is 8.08. The molecule has 2 aromatic rings. The number of benzene rings is 1. The van der Waals surface area contributed by atoms with E-state index in [1.54, 1.807) is 5.48 Å². The van der Waals surface area contributed by atoms with Gasteiger partial charge in [0.25, 0.3) is 0 Å². The predicted octanol–water partition coefficient (Wildman–Crippen LogP) is 3.73. The van der Waals surface area contributed by atoms with Crippen molar-refractivity contribution >= 4 is 17.5 Å². The van der Waals surface area contributed by atoms with Gasteiger partial charge in [0, 0.05) is 18.7 Å². The second-order valence-electron chi connectivity index (χ2n) is 7.37. The normalized spacial score (nSPS) is 18.9. The summed E-state index contributed by atoms with van der Waals surface area (Å²) < 4.78 is 53.5. The number of hydrogen-bond acceptors (Lipinski definition) is 7. The van der Waals surface area contributed by atoms with Gasteiger partial charge in [-0.05, 0) is 50.1 Å². The van der Waals surface area contributed by atoms with Crippen molar-refractivity contribution in [2.24, 2.45) is 17.6 Å². The van der Waals surface area contributed by atoms with Gasteiger partial charge >= 0.3 is 0 Å². The summed E-state index contributed by atoms with van der Waals surface area (Å²) in [5.74, 6) is -5.52. The summed E-state index contributed by atoms with van der Waals surface area (Å²) >= 11 is 0. The summed E-state index contributed by atoms with van der Waals surface area (Å²) in [6.07, 6.45) is 5.39. The van der Waals surface area contributed by atoms with Gasteiger partial charge in [0.1, 0.15) is 0 Å². The van der Waals surface area contributed by atoms with Crippen molar-refractivity contribution in [3.05, 3.63) is 46.3 Å². The van der Waals surface area contributed by atoms with Gasteiger partial charge < -0.3 is 27.1 Å². The SMILES string of the molecule is NCC1CCC(CNc2nc(NCc3cc(F)c(F)c(F)c3F)ncc2N[O-])CC1. The maximum absolute atomic E-state index is 13.8. The molecule has 5 N–H and O–H groups in total. The Labute approximate surface area is 171 Å². The van der Waals surface area contributed by atoms with Crippen molar-refractivity contribution in [1.29, 1.82) is 0 Å². The highest BCUT2D eigenvalue weighted by Crippen LogP contribution is 2.29. The van der Waals surface area contributed by atoms with E-state index in [4.69, 9.17) is 5.73 Å². The zero-order valence-electron chi connectivity index (χ0n) is 16.2. The lowest BCUT2D eigenvalue weighted by Gasteiger charge is -2.28. The molecule has 30 heavy (non-hydrogen) atoms. The molecule has 1 aliphatic rings. The lowest BCUT2D eigenvalue weighted by Crippen LogP contribution is -2.25. The number of nitrogens with one attached hydrogen (secondary N) is 3. The number of nitrogens with zero attached hydrogens (tertiary/aromatic N) is 2. The van der Waals surface area contributed by atoms with Crippen molar-refractivity contribution in [3.63, 3.8) is 0 Å². The first-order chi connectivity index (χ1) is 14.4. The maximum atomic E-state index is 13.8. The van der Waals surface area contributed by atoms with Crippen molar-refractivity contribution in [3.8, 4) is 0 Å². The van der Waals surface area contributed by atoms with E-state index in [1.807, 2.05) is 0 Å². The van der Waals surface area contributed by atoms with Gasteiger partial charge in [-0.15, -0.1) is 0 Å². The van der Waals surface area contributed by atoms with Crippen molar-refractivity contribution in [1.82, 2.24) is 9.97 Å². The first-order valence-corrected chi connectivity index (χ1v) is 9.67. The molecule has 3 rings (SSSR count). The van der Waals surface area contributed by atoms with Gasteiger partial charge in [-0.25, -0.2) is 22.5 Å². The summed E-state index contributed by atoms with van der Waals surface area (Å²) in [5.41, 5.74) is 7.16. The Morgan fingerprint density at radius 3 is 2.37 bits per heavy atom. The van der Waals surface area contributed by atoms with E-state index in [1.165, 1.54) is 6.20 Å². The summed E-state index contributed by atoms with van der Waals surface area (Å²) in [6, 6.07) is 0.561. The Kier molecular flexibility index (Phi) is 7.27. The number of aromatic nitrogens is 2. The Hall–Kier alpha value is -2.66. The molecule has 0 unspecified atom stereocenters. The molecule has 0 aliphatic heterocycles. The molecule has 1 saturated carbocycles. The van der Waals surface area contributed by atoms with E-state index in [9.17, 15) is 22.8 Å². The van der Waals surface area contributed by atoms with E-state index in [0.29, 0.717) is 31.0 Å². The first kappa shape index (κ1) is 22.0. The van der Waals surface area contributed by atoms with Crippen LogP contribution in [0.1, 0.15) is 31.2 Å². The second-order valence-corrected chi connectivity index (χ2v) is 7.37. The molecule has 0 amide bonds. The molecular weight excluding hydrogens is 404 g/mol. The predicted molar refractivity (Wildman–Crippen MR) is 106 cm³/mol. The average molecular weight is 427 g/mol. The van der Waals surface area contributed by atoms with Crippen molar-refractivity contribution in [2.45, 2.75) is 32.2 Å². The number of halogens is 4. The third-order valence-corrected chi connectivity index (χ3v) is 5.37. The van der Waals surface area contributed by atoms with Crippen LogP contribution in [0.2, 0.25) is 0 Å². The van der Waals surface area contributed by atoms with E-state index < -0.39 is 28.8 Å². The Balaban J connectivity index is 1.64. The molecule has 1 aromatic heterocycles. The minimum absolute atomic E-state index is 0.00730. The minimum Gasteiger partial charge on any atom is -0.761 e. The highest BCUT2D eigenvalue weighted by atomic mass is 19.2. The van der Waals surface area contributed by atoms with Crippen LogP contribution in [0.4, 0.5) is 35.0 Å². The summed E-state index contributed by atoms with van der Waals surface area (Å²) in [7, 11) is 0. The largest absolute Gasteiger partial charge is 0.761 e. The third-order valence-electron chi connectivity index (χ3n) is 5.37.